The predicted octanol–water partition coefficient (Wildman–Crippen LogP) is 5.68. The van der Waals surface area contributed by atoms with Gasteiger partial charge in [-0.3, -0.25) is 0 Å². The Morgan fingerprint density at radius 2 is 1.00 bits per heavy atom. The summed E-state index contributed by atoms with van der Waals surface area (Å²) >= 11 is 0. The van der Waals surface area contributed by atoms with E-state index in [1.807, 2.05) is 13.8 Å². The molecular formula is C17H28. The van der Waals surface area contributed by atoms with Gasteiger partial charge in [0.2, 0.25) is 0 Å². The number of rotatable bonds is 1. The molecule has 96 valence electrons. The lowest BCUT2D eigenvalue weighted by atomic mass is 9.86. The van der Waals surface area contributed by atoms with Crippen LogP contribution >= 0.6 is 0 Å². The molecule has 0 radical (unpaired) electrons. The summed E-state index contributed by atoms with van der Waals surface area (Å²) in [4.78, 5) is 0. The molecule has 0 fully saturated rings. The fourth-order valence-corrected chi connectivity index (χ4v) is 2.24. The molecule has 0 amide bonds. The SMILES string of the molecule is C/C=C(/C)c1c(C)c(C)c(C)c(C)c1C.CC. The lowest BCUT2D eigenvalue weighted by Gasteiger charge is -2.19. The van der Waals surface area contributed by atoms with E-state index in [0.717, 1.165) is 0 Å². The van der Waals surface area contributed by atoms with Gasteiger partial charge in [0.1, 0.15) is 0 Å². The van der Waals surface area contributed by atoms with E-state index in [0.29, 0.717) is 0 Å². The summed E-state index contributed by atoms with van der Waals surface area (Å²) in [5.74, 6) is 0. The molecule has 1 aromatic rings. The Labute approximate surface area is 108 Å². The fourth-order valence-electron chi connectivity index (χ4n) is 2.24. The van der Waals surface area contributed by atoms with Gasteiger partial charge in [0.05, 0.1) is 0 Å². The highest BCUT2D eigenvalue weighted by Crippen LogP contribution is 2.30. The van der Waals surface area contributed by atoms with Gasteiger partial charge in [-0.15, -0.1) is 0 Å². The predicted molar refractivity (Wildman–Crippen MR) is 80.8 cm³/mol. The van der Waals surface area contributed by atoms with Crippen LogP contribution in [0.2, 0.25) is 0 Å². The van der Waals surface area contributed by atoms with Crippen molar-refractivity contribution in [2.24, 2.45) is 0 Å². The standard InChI is InChI=1S/C15H22.C2H6/c1-8-9(2)15-13(6)11(4)10(3)12(5)14(15)7;1-2/h8H,1-7H3;1-2H3/b9-8-;. The molecule has 1 rings (SSSR count). The molecular weight excluding hydrogens is 204 g/mol. The molecule has 17 heavy (non-hydrogen) atoms. The minimum atomic E-state index is 1.39. The Morgan fingerprint density at radius 3 is 1.29 bits per heavy atom. The zero-order valence-electron chi connectivity index (χ0n) is 13.1. The number of allylic oxidation sites excluding steroid dienone is 2. The molecule has 0 nitrogen and oxygen atoms in total. The molecule has 0 saturated carbocycles. The van der Waals surface area contributed by atoms with Crippen LogP contribution in [0, 0.1) is 34.6 Å². The van der Waals surface area contributed by atoms with Crippen molar-refractivity contribution in [3.05, 3.63) is 39.5 Å². The van der Waals surface area contributed by atoms with Crippen LogP contribution < -0.4 is 0 Å². The summed E-state index contributed by atoms with van der Waals surface area (Å²) < 4.78 is 0. The van der Waals surface area contributed by atoms with E-state index in [-0.39, 0.29) is 0 Å². The Balaban J connectivity index is 0.00000121. The second-order valence-electron chi connectivity index (χ2n) is 4.47. The summed E-state index contributed by atoms with van der Waals surface area (Å²) in [6, 6.07) is 0. The maximum Gasteiger partial charge on any atom is -0.0167 e. The minimum Gasteiger partial charge on any atom is -0.0841 e. The van der Waals surface area contributed by atoms with E-state index < -0.39 is 0 Å². The normalized spacial score (nSPS) is 11.0. The second-order valence-corrected chi connectivity index (χ2v) is 4.47. The molecule has 0 N–H and O–H groups in total. The van der Waals surface area contributed by atoms with Gasteiger partial charge in [0.25, 0.3) is 0 Å². The summed E-state index contributed by atoms with van der Waals surface area (Å²) in [7, 11) is 0. The maximum absolute atomic E-state index is 2.23. The van der Waals surface area contributed by atoms with Crippen LogP contribution in [-0.2, 0) is 0 Å². The lowest BCUT2D eigenvalue weighted by Crippen LogP contribution is -2.01. The van der Waals surface area contributed by atoms with E-state index in [4.69, 9.17) is 0 Å². The van der Waals surface area contributed by atoms with Crippen molar-refractivity contribution < 1.29 is 0 Å². The third-order valence-electron chi connectivity index (χ3n) is 3.83. The Bertz CT molecular complexity index is 391. The Morgan fingerprint density at radius 1 is 0.706 bits per heavy atom. The second kappa shape index (κ2) is 6.64. The van der Waals surface area contributed by atoms with Crippen molar-refractivity contribution in [1.82, 2.24) is 0 Å². The minimum absolute atomic E-state index is 1.39. The van der Waals surface area contributed by atoms with E-state index in [1.54, 1.807) is 0 Å². The van der Waals surface area contributed by atoms with E-state index >= 15 is 0 Å². The number of hydrogen-bond donors (Lipinski definition) is 0. The Kier molecular flexibility index (Phi) is 6.23. The van der Waals surface area contributed by atoms with Crippen LogP contribution in [0.25, 0.3) is 5.57 Å². The summed E-state index contributed by atoms with van der Waals surface area (Å²) in [6.45, 7) is 19.4. The van der Waals surface area contributed by atoms with Crippen molar-refractivity contribution in [3.63, 3.8) is 0 Å². The molecule has 0 heterocycles. The van der Waals surface area contributed by atoms with Gasteiger partial charge in [0, 0.05) is 0 Å². The lowest BCUT2D eigenvalue weighted by molar-refractivity contribution is 1.15. The first-order chi connectivity index (χ1) is 7.91. The van der Waals surface area contributed by atoms with Gasteiger partial charge in [0.15, 0.2) is 0 Å². The van der Waals surface area contributed by atoms with Crippen molar-refractivity contribution in [3.8, 4) is 0 Å². The molecule has 0 saturated heterocycles. The van der Waals surface area contributed by atoms with Crippen LogP contribution in [0.1, 0.15) is 61.1 Å². The monoisotopic (exact) mass is 232 g/mol. The molecule has 0 unspecified atom stereocenters. The van der Waals surface area contributed by atoms with Gasteiger partial charge in [-0.2, -0.15) is 0 Å². The first kappa shape index (κ1) is 16.0. The van der Waals surface area contributed by atoms with Crippen molar-refractivity contribution in [1.29, 1.82) is 0 Å². The summed E-state index contributed by atoms with van der Waals surface area (Å²) in [6.07, 6.45) is 2.20. The molecule has 0 aromatic heterocycles. The molecule has 0 bridgehead atoms. The highest BCUT2D eigenvalue weighted by atomic mass is 14.2. The third-order valence-corrected chi connectivity index (χ3v) is 3.83. The highest BCUT2D eigenvalue weighted by molar-refractivity contribution is 5.72. The third kappa shape index (κ3) is 3.00. The van der Waals surface area contributed by atoms with Gasteiger partial charge in [-0.05, 0) is 87.4 Å². The number of hydrogen-bond acceptors (Lipinski definition) is 0. The van der Waals surface area contributed by atoms with Crippen LogP contribution in [0.5, 0.6) is 0 Å². The maximum atomic E-state index is 2.23. The first-order valence-corrected chi connectivity index (χ1v) is 6.62. The van der Waals surface area contributed by atoms with Crippen LogP contribution in [0.15, 0.2) is 6.08 Å². The molecule has 0 aliphatic rings. The van der Waals surface area contributed by atoms with Crippen molar-refractivity contribution >= 4 is 5.57 Å². The average molecular weight is 232 g/mol. The van der Waals surface area contributed by atoms with E-state index in [2.05, 4.69) is 54.5 Å². The quantitative estimate of drug-likeness (QED) is 0.584. The molecule has 0 heteroatoms. The topological polar surface area (TPSA) is 0 Å². The van der Waals surface area contributed by atoms with Gasteiger partial charge >= 0.3 is 0 Å². The molecule has 1 aromatic carbocycles. The smallest absolute Gasteiger partial charge is 0.0167 e. The van der Waals surface area contributed by atoms with Crippen LogP contribution in [0.3, 0.4) is 0 Å². The van der Waals surface area contributed by atoms with E-state index in [1.165, 1.54) is 39.0 Å². The molecule has 0 aliphatic heterocycles. The fraction of sp³-hybridized carbons (Fsp3) is 0.529. The van der Waals surface area contributed by atoms with Crippen molar-refractivity contribution in [2.45, 2.75) is 62.3 Å². The summed E-state index contributed by atoms with van der Waals surface area (Å²) in [5, 5.41) is 0. The van der Waals surface area contributed by atoms with Gasteiger partial charge in [-0.25, -0.2) is 0 Å². The van der Waals surface area contributed by atoms with E-state index in [9.17, 15) is 0 Å². The summed E-state index contributed by atoms with van der Waals surface area (Å²) in [5.41, 5.74) is 10.0. The highest BCUT2D eigenvalue weighted by Gasteiger charge is 2.12. The largest absolute Gasteiger partial charge is 0.0841 e. The average Bonchev–Trinajstić information content (AvgIpc) is 2.36. The van der Waals surface area contributed by atoms with Crippen molar-refractivity contribution in [2.75, 3.05) is 0 Å². The van der Waals surface area contributed by atoms with Gasteiger partial charge in [-0.1, -0.05) is 19.9 Å². The zero-order valence-corrected chi connectivity index (χ0v) is 13.1. The van der Waals surface area contributed by atoms with Gasteiger partial charge < -0.3 is 0 Å². The Hall–Kier alpha value is -1.04. The molecule has 0 aliphatic carbocycles. The first-order valence-electron chi connectivity index (χ1n) is 6.62. The number of benzene rings is 1. The van der Waals surface area contributed by atoms with Crippen LogP contribution in [0.4, 0.5) is 0 Å². The van der Waals surface area contributed by atoms with Crippen LogP contribution in [-0.4, -0.2) is 0 Å². The molecule has 0 atom stereocenters. The molecule has 0 spiro atoms. The zero-order chi connectivity index (χ0) is 13.7.